The quantitative estimate of drug-likeness (QED) is 0.352. The average molecular weight is 566 g/mol. The maximum atomic E-state index is 13.4. The van der Waals surface area contributed by atoms with Crippen molar-refractivity contribution < 1.29 is 39.9 Å². The predicted octanol–water partition coefficient (Wildman–Crippen LogP) is 4.57. The maximum absolute atomic E-state index is 13.4. The van der Waals surface area contributed by atoms with E-state index >= 15 is 0 Å². The molecule has 5 rings (SSSR count). The highest BCUT2D eigenvalue weighted by Gasteiger charge is 2.73. The first kappa shape index (κ1) is 27.4. The van der Waals surface area contributed by atoms with Crippen LogP contribution in [0.5, 0.6) is 0 Å². The molecule has 1 spiro atoms. The van der Waals surface area contributed by atoms with Crippen molar-refractivity contribution in [3.05, 3.63) is 41.7 Å². The fourth-order valence-corrected chi connectivity index (χ4v) is 8.40. The fourth-order valence-electron chi connectivity index (χ4n) is 7.02. The van der Waals surface area contributed by atoms with Gasteiger partial charge in [0.15, 0.2) is 5.75 Å². The van der Waals surface area contributed by atoms with Crippen molar-refractivity contribution in [3.8, 4) is 0 Å². The van der Waals surface area contributed by atoms with E-state index in [0.717, 1.165) is 11.3 Å². The molecule has 0 bridgehead atoms. The van der Waals surface area contributed by atoms with E-state index in [1.54, 1.807) is 12.1 Å². The van der Waals surface area contributed by atoms with Crippen LogP contribution < -0.4 is 5.01 Å². The second-order valence-corrected chi connectivity index (χ2v) is 12.8. The van der Waals surface area contributed by atoms with Crippen molar-refractivity contribution in [2.24, 2.45) is 27.8 Å². The molecule has 3 aliphatic carbocycles. The summed E-state index contributed by atoms with van der Waals surface area (Å²) in [6.07, 6.45) is -4.43. The summed E-state index contributed by atoms with van der Waals surface area (Å²) in [6, 6.07) is 5.96. The minimum absolute atomic E-state index is 0.0131. The molecule has 1 N–H and O–H groups in total. The van der Waals surface area contributed by atoms with Crippen LogP contribution in [0, 0.1) is 28.5 Å². The summed E-state index contributed by atoms with van der Waals surface area (Å²) >= 11 is 0. The average Bonchev–Trinajstić information content (AvgIpc) is 3.09. The lowest BCUT2D eigenvalue weighted by Crippen LogP contribution is -2.48. The topological polar surface area (TPSA) is 73.2 Å². The number of hydrogen-bond acceptors (Lipinski definition) is 5. The fraction of sp³-hybridized carbons (Fsp3) is 0.640. The van der Waals surface area contributed by atoms with Gasteiger partial charge in [-0.3, -0.25) is 5.01 Å². The normalized spacial score (nSPS) is 32.8. The van der Waals surface area contributed by atoms with Crippen molar-refractivity contribution in [1.82, 2.24) is 4.31 Å². The number of hydrogen-bond donors (Lipinski definition) is 1. The van der Waals surface area contributed by atoms with Gasteiger partial charge < -0.3 is 5.11 Å². The number of halogens is 6. The van der Waals surface area contributed by atoms with Crippen LogP contribution >= 0.6 is 0 Å². The van der Waals surface area contributed by atoms with Crippen molar-refractivity contribution >= 4 is 21.9 Å². The molecule has 2 fully saturated rings. The molecule has 1 aromatic carbocycles. The molecule has 210 valence electrons. The van der Waals surface area contributed by atoms with Gasteiger partial charge in [-0.2, -0.15) is 22.6 Å². The van der Waals surface area contributed by atoms with Crippen LogP contribution in [0.1, 0.15) is 32.6 Å². The molecule has 4 aliphatic rings. The zero-order valence-electron chi connectivity index (χ0n) is 20.6. The monoisotopic (exact) mass is 565 g/mol. The predicted molar refractivity (Wildman–Crippen MR) is 129 cm³/mol. The first-order chi connectivity index (χ1) is 17.7. The maximum Gasteiger partial charge on any atom is 0.404 e. The van der Waals surface area contributed by atoms with Gasteiger partial charge in [0.2, 0.25) is 10.0 Å². The first-order valence-electron chi connectivity index (χ1n) is 12.5. The van der Waals surface area contributed by atoms with E-state index in [1.807, 2.05) is 18.1 Å². The molecule has 1 aromatic rings. The zero-order valence-corrected chi connectivity index (χ0v) is 21.4. The number of allylic oxidation sites excluding steroid dienone is 1. The molecule has 0 amide bonds. The molecular formula is C25H29F6N3O3S. The number of aliphatic hydroxyl groups is 1. The Morgan fingerprint density at radius 1 is 1.24 bits per heavy atom. The highest BCUT2D eigenvalue weighted by molar-refractivity contribution is 7.89. The molecule has 5 unspecified atom stereocenters. The number of hydrazone groups is 1. The Kier molecular flexibility index (Phi) is 6.66. The van der Waals surface area contributed by atoms with Crippen molar-refractivity contribution in [2.45, 2.75) is 57.4 Å². The highest BCUT2D eigenvalue weighted by atomic mass is 32.2. The Morgan fingerprint density at radius 2 is 1.92 bits per heavy atom. The summed E-state index contributed by atoms with van der Waals surface area (Å²) in [4.78, 5) is 0. The molecule has 6 nitrogen and oxygen atoms in total. The van der Waals surface area contributed by atoms with Gasteiger partial charge >= 0.3 is 6.18 Å². The molecule has 13 heteroatoms. The third-order valence-corrected chi connectivity index (χ3v) is 10.6. The summed E-state index contributed by atoms with van der Waals surface area (Å²) in [7, 11) is -5.01. The van der Waals surface area contributed by atoms with Crippen LogP contribution in [0.3, 0.4) is 0 Å². The molecule has 38 heavy (non-hydrogen) atoms. The third-order valence-electron chi connectivity index (χ3n) is 8.84. The Bertz CT molecular complexity index is 1240. The van der Waals surface area contributed by atoms with Crippen molar-refractivity contribution in [3.63, 3.8) is 0 Å². The highest BCUT2D eigenvalue weighted by Crippen LogP contribution is 2.72. The summed E-state index contributed by atoms with van der Waals surface area (Å²) in [5.41, 5.74) is 0.937. The SMILES string of the molecule is CC[C@]12CC34C=NN(c5ccc(F)cc5)C3C4C=C1CCC2CN(CC(O)C(F)F)S(=O)(=O)CC(F)(F)F. The van der Waals surface area contributed by atoms with E-state index < -0.39 is 58.9 Å². The number of nitrogens with zero attached hydrogens (tertiary/aromatic N) is 3. The number of anilines is 1. The van der Waals surface area contributed by atoms with Gasteiger partial charge in [-0.25, -0.2) is 21.6 Å². The summed E-state index contributed by atoms with van der Waals surface area (Å²) in [6.45, 7) is 0.437. The molecular weight excluding hydrogens is 536 g/mol. The van der Waals surface area contributed by atoms with Crippen LogP contribution in [-0.4, -0.2) is 67.6 Å². The van der Waals surface area contributed by atoms with E-state index in [2.05, 4.69) is 11.2 Å². The molecule has 0 radical (unpaired) electrons. The number of rotatable bonds is 9. The van der Waals surface area contributed by atoms with Gasteiger partial charge in [0.25, 0.3) is 6.43 Å². The van der Waals surface area contributed by atoms with Gasteiger partial charge in [-0.15, -0.1) is 0 Å². The Hall–Kier alpha value is -2.12. The van der Waals surface area contributed by atoms with Crippen LogP contribution in [-0.2, 0) is 10.0 Å². The van der Waals surface area contributed by atoms with Gasteiger partial charge in [-0.1, -0.05) is 18.6 Å². The zero-order chi connectivity index (χ0) is 27.7. The van der Waals surface area contributed by atoms with Gasteiger partial charge in [0.1, 0.15) is 11.9 Å². The van der Waals surface area contributed by atoms with Crippen LogP contribution in [0.15, 0.2) is 41.0 Å². The second kappa shape index (κ2) is 9.22. The van der Waals surface area contributed by atoms with E-state index in [4.69, 9.17) is 0 Å². The standard InChI is InChI=1S/C25H29F6N3O3S/c1-2-23-12-24-13-32-34(18-7-5-17(26)6-8-18)21(24)19(24)9-15(23)3-4-16(23)10-33(11-20(35)22(27)28)38(36,37)14-25(29,30)31/h5-9,13,16,19-22,35H,2-4,10-12,14H2,1H3/t16?,19?,20?,21?,23-,24?/m0/s1. The van der Waals surface area contributed by atoms with Gasteiger partial charge in [0, 0.05) is 30.6 Å². The Labute approximate surface area is 217 Å². The summed E-state index contributed by atoms with van der Waals surface area (Å²) < 4.78 is 105. The summed E-state index contributed by atoms with van der Waals surface area (Å²) in [5.74, 6) is -2.83. The van der Waals surface area contributed by atoms with Gasteiger partial charge in [0.05, 0.1) is 11.7 Å². The minimum Gasteiger partial charge on any atom is -0.386 e. The lowest BCUT2D eigenvalue weighted by atomic mass is 9.64. The Morgan fingerprint density at radius 3 is 2.53 bits per heavy atom. The van der Waals surface area contributed by atoms with Crippen LogP contribution in [0.2, 0.25) is 0 Å². The molecule has 1 heterocycles. The van der Waals surface area contributed by atoms with E-state index in [1.165, 1.54) is 12.1 Å². The van der Waals surface area contributed by atoms with Crippen molar-refractivity contribution in [2.75, 3.05) is 23.9 Å². The smallest absolute Gasteiger partial charge is 0.386 e. The molecule has 1 aliphatic heterocycles. The number of fused-ring (bicyclic) bond motifs is 2. The largest absolute Gasteiger partial charge is 0.404 e. The van der Waals surface area contributed by atoms with E-state index in [0.29, 0.717) is 30.0 Å². The van der Waals surface area contributed by atoms with Gasteiger partial charge in [-0.05, 0) is 61.3 Å². The molecule has 6 atom stereocenters. The van der Waals surface area contributed by atoms with E-state index in [-0.39, 0.29) is 23.2 Å². The lowest BCUT2D eigenvalue weighted by Gasteiger charge is -2.42. The first-order valence-corrected chi connectivity index (χ1v) is 14.2. The number of benzene rings is 1. The molecule has 2 saturated carbocycles. The van der Waals surface area contributed by atoms with Crippen LogP contribution in [0.25, 0.3) is 0 Å². The number of alkyl halides is 5. The van der Waals surface area contributed by atoms with Crippen LogP contribution in [0.4, 0.5) is 32.0 Å². The van der Waals surface area contributed by atoms with E-state index in [9.17, 15) is 39.9 Å². The molecule has 0 saturated heterocycles. The Balaban J connectivity index is 1.41. The number of sulfonamides is 1. The summed E-state index contributed by atoms with van der Waals surface area (Å²) in [5, 5.41) is 16.1. The van der Waals surface area contributed by atoms with Crippen molar-refractivity contribution in [1.29, 1.82) is 0 Å². The minimum atomic E-state index is -5.06. The molecule has 0 aromatic heterocycles. The number of aliphatic hydroxyl groups excluding tert-OH is 1. The second-order valence-electron chi connectivity index (χ2n) is 10.9. The third kappa shape index (κ3) is 4.53. The lowest BCUT2D eigenvalue weighted by molar-refractivity contribution is -0.107.